The fourth-order valence-electron chi connectivity index (χ4n) is 3.98. The molecule has 1 aliphatic heterocycles. The molecule has 1 amide bonds. The highest BCUT2D eigenvalue weighted by Gasteiger charge is 2.28. The lowest BCUT2D eigenvalue weighted by molar-refractivity contribution is -0.128. The second kappa shape index (κ2) is 11.8. The highest BCUT2D eigenvalue weighted by atomic mass is 32.1. The summed E-state index contributed by atoms with van der Waals surface area (Å²) >= 11 is 1.30. The van der Waals surface area contributed by atoms with E-state index in [0.717, 1.165) is 49.8 Å². The summed E-state index contributed by atoms with van der Waals surface area (Å²) in [6, 6.07) is 13.9. The quantitative estimate of drug-likeness (QED) is 0.370. The molecule has 2 N–H and O–H groups in total. The molecule has 1 fully saturated rings. The molecule has 0 radical (unpaired) electrons. The van der Waals surface area contributed by atoms with E-state index >= 15 is 0 Å². The maximum Gasteiger partial charge on any atom is 0.345 e. The highest BCUT2D eigenvalue weighted by molar-refractivity contribution is 7.13. The summed E-state index contributed by atoms with van der Waals surface area (Å²) in [7, 11) is 0. The molecule has 1 aromatic heterocycles. The molecule has 166 valence electrons. The molecule has 0 bridgehead atoms. The lowest BCUT2D eigenvalue weighted by Crippen LogP contribution is -2.33. The number of carbonyl (C=O) groups excluding carboxylic acids is 1. The molecule has 0 saturated carbocycles. The zero-order valence-corrected chi connectivity index (χ0v) is 18.6. The molecular formula is C25H31NO4S. The minimum atomic E-state index is -0.894. The van der Waals surface area contributed by atoms with Crippen LogP contribution in [0, 0.1) is 0 Å². The van der Waals surface area contributed by atoms with Gasteiger partial charge in [0.15, 0.2) is 0 Å². The Labute approximate surface area is 188 Å². The van der Waals surface area contributed by atoms with E-state index in [4.69, 9.17) is 5.11 Å². The number of aromatic carboxylic acids is 1. The molecule has 2 heterocycles. The van der Waals surface area contributed by atoms with Crippen LogP contribution in [0.1, 0.15) is 58.6 Å². The van der Waals surface area contributed by atoms with Gasteiger partial charge in [-0.3, -0.25) is 4.79 Å². The normalized spacial score (nSPS) is 17.5. The zero-order chi connectivity index (χ0) is 22.1. The van der Waals surface area contributed by atoms with Gasteiger partial charge in [-0.15, -0.1) is 11.3 Å². The van der Waals surface area contributed by atoms with Gasteiger partial charge in [-0.2, -0.15) is 0 Å². The number of carbonyl (C=O) groups is 2. The Morgan fingerprint density at radius 3 is 2.68 bits per heavy atom. The van der Waals surface area contributed by atoms with Crippen molar-refractivity contribution >= 4 is 23.2 Å². The lowest BCUT2D eigenvalue weighted by atomic mass is 10.0. The number of amides is 1. The Kier molecular flexibility index (Phi) is 8.85. The molecule has 1 aromatic carbocycles. The monoisotopic (exact) mass is 441 g/mol. The number of carboxylic acids is 1. The van der Waals surface area contributed by atoms with Gasteiger partial charge in [0, 0.05) is 17.8 Å². The second-order valence-corrected chi connectivity index (χ2v) is 9.22. The summed E-state index contributed by atoms with van der Waals surface area (Å²) < 4.78 is 0. The molecule has 5 nitrogen and oxygen atoms in total. The van der Waals surface area contributed by atoms with Crippen molar-refractivity contribution in [3.05, 3.63) is 69.9 Å². The zero-order valence-electron chi connectivity index (χ0n) is 17.8. The van der Waals surface area contributed by atoms with Crippen molar-refractivity contribution in [1.82, 2.24) is 4.90 Å². The Balaban J connectivity index is 1.38. The average molecular weight is 442 g/mol. The number of aliphatic hydroxyl groups is 1. The second-order valence-electron chi connectivity index (χ2n) is 8.05. The van der Waals surface area contributed by atoms with Crippen LogP contribution in [0.4, 0.5) is 0 Å². The first-order valence-electron chi connectivity index (χ1n) is 11.0. The maximum atomic E-state index is 12.3. The van der Waals surface area contributed by atoms with E-state index in [9.17, 15) is 14.7 Å². The van der Waals surface area contributed by atoms with Crippen molar-refractivity contribution in [2.45, 2.75) is 63.5 Å². The largest absolute Gasteiger partial charge is 0.477 e. The first-order valence-corrected chi connectivity index (χ1v) is 11.9. The van der Waals surface area contributed by atoms with Crippen LogP contribution >= 0.6 is 11.3 Å². The van der Waals surface area contributed by atoms with Gasteiger partial charge < -0.3 is 15.1 Å². The number of unbranched alkanes of at least 4 members (excludes halogenated alkanes) is 1. The van der Waals surface area contributed by atoms with E-state index < -0.39 is 12.1 Å². The van der Waals surface area contributed by atoms with E-state index in [1.807, 2.05) is 29.2 Å². The van der Waals surface area contributed by atoms with Gasteiger partial charge >= 0.3 is 5.97 Å². The predicted molar refractivity (Wildman–Crippen MR) is 123 cm³/mol. The van der Waals surface area contributed by atoms with Crippen LogP contribution < -0.4 is 0 Å². The Morgan fingerprint density at radius 2 is 1.94 bits per heavy atom. The van der Waals surface area contributed by atoms with E-state index in [1.165, 1.54) is 16.9 Å². The van der Waals surface area contributed by atoms with Crippen molar-refractivity contribution in [2.24, 2.45) is 0 Å². The van der Waals surface area contributed by atoms with Crippen LogP contribution in [0.15, 0.2) is 54.6 Å². The third-order valence-corrected chi connectivity index (χ3v) is 6.82. The lowest BCUT2D eigenvalue weighted by Gasteiger charge is -2.22. The molecule has 1 unspecified atom stereocenters. The molecular weight excluding hydrogens is 410 g/mol. The van der Waals surface area contributed by atoms with Gasteiger partial charge in [0.2, 0.25) is 5.91 Å². The number of hydrogen-bond acceptors (Lipinski definition) is 4. The van der Waals surface area contributed by atoms with Crippen LogP contribution in [0.5, 0.6) is 0 Å². The highest BCUT2D eigenvalue weighted by Crippen LogP contribution is 2.23. The molecule has 2 aromatic rings. The van der Waals surface area contributed by atoms with Crippen molar-refractivity contribution in [2.75, 3.05) is 6.54 Å². The molecule has 1 saturated heterocycles. The Morgan fingerprint density at radius 1 is 1.13 bits per heavy atom. The molecule has 3 rings (SSSR count). The van der Waals surface area contributed by atoms with Crippen molar-refractivity contribution in [1.29, 1.82) is 0 Å². The van der Waals surface area contributed by atoms with Gasteiger partial charge in [-0.05, 0) is 56.2 Å². The number of benzene rings is 1. The van der Waals surface area contributed by atoms with Crippen molar-refractivity contribution < 1.29 is 19.8 Å². The number of hydrogen-bond donors (Lipinski definition) is 2. The summed E-state index contributed by atoms with van der Waals surface area (Å²) in [6.07, 6.45) is 10.0. The fourth-order valence-corrected chi connectivity index (χ4v) is 4.87. The SMILES string of the molecule is O=C(O)c1ccc(CCCN2C(=O)CCC2/C=C/[C@@H](O)CCCCc2ccccc2)s1. The smallest absolute Gasteiger partial charge is 0.345 e. The van der Waals surface area contributed by atoms with Crippen LogP contribution in [-0.2, 0) is 17.6 Å². The van der Waals surface area contributed by atoms with Gasteiger partial charge in [0.25, 0.3) is 0 Å². The van der Waals surface area contributed by atoms with Crippen LogP contribution in [0.3, 0.4) is 0 Å². The van der Waals surface area contributed by atoms with Crippen molar-refractivity contribution in [3.8, 4) is 0 Å². The number of likely N-dealkylation sites (tertiary alicyclic amines) is 1. The minimum Gasteiger partial charge on any atom is -0.477 e. The summed E-state index contributed by atoms with van der Waals surface area (Å²) in [4.78, 5) is 26.5. The summed E-state index contributed by atoms with van der Waals surface area (Å²) in [5, 5.41) is 19.3. The first-order chi connectivity index (χ1) is 15.0. The molecule has 6 heteroatoms. The summed E-state index contributed by atoms with van der Waals surface area (Å²) in [5.41, 5.74) is 1.33. The first kappa shape index (κ1) is 23.2. The number of aliphatic hydroxyl groups excluding tert-OH is 1. The van der Waals surface area contributed by atoms with E-state index in [-0.39, 0.29) is 11.9 Å². The van der Waals surface area contributed by atoms with E-state index in [0.29, 0.717) is 17.8 Å². The number of thiophene rings is 1. The van der Waals surface area contributed by atoms with Crippen LogP contribution in [0.2, 0.25) is 0 Å². The summed E-state index contributed by atoms with van der Waals surface area (Å²) in [6.45, 7) is 0.654. The number of rotatable bonds is 12. The molecule has 2 atom stereocenters. The summed E-state index contributed by atoms with van der Waals surface area (Å²) in [5.74, 6) is -0.737. The number of carboxylic acid groups (broad SMARTS) is 1. The van der Waals surface area contributed by atoms with Gasteiger partial charge in [0.1, 0.15) is 4.88 Å². The molecule has 0 spiro atoms. The van der Waals surface area contributed by atoms with E-state index in [2.05, 4.69) is 24.3 Å². The minimum absolute atomic E-state index is 0.0457. The predicted octanol–water partition coefficient (Wildman–Crippen LogP) is 4.70. The van der Waals surface area contributed by atoms with Crippen LogP contribution in [0.25, 0.3) is 0 Å². The van der Waals surface area contributed by atoms with E-state index in [1.54, 1.807) is 6.07 Å². The average Bonchev–Trinajstić information content (AvgIpc) is 3.38. The third kappa shape index (κ3) is 7.33. The number of nitrogens with zero attached hydrogens (tertiary/aromatic N) is 1. The maximum absolute atomic E-state index is 12.3. The van der Waals surface area contributed by atoms with Gasteiger partial charge in [0.05, 0.1) is 12.1 Å². The van der Waals surface area contributed by atoms with Crippen molar-refractivity contribution in [3.63, 3.8) is 0 Å². The third-order valence-electron chi connectivity index (χ3n) is 5.68. The Bertz CT molecular complexity index is 877. The Hall–Kier alpha value is -2.44. The molecule has 31 heavy (non-hydrogen) atoms. The van der Waals surface area contributed by atoms with Gasteiger partial charge in [-0.25, -0.2) is 4.79 Å². The molecule has 0 aliphatic carbocycles. The topological polar surface area (TPSA) is 77.8 Å². The number of aryl methyl sites for hydroxylation is 2. The van der Waals surface area contributed by atoms with Crippen LogP contribution in [-0.4, -0.2) is 45.7 Å². The van der Waals surface area contributed by atoms with Gasteiger partial charge in [-0.1, -0.05) is 48.9 Å². The fraction of sp³-hybridized carbons (Fsp3) is 0.440. The standard InChI is InChI=1S/C25H31NO4S/c27-21(10-5-4-9-19-7-2-1-3-8-19)14-12-20-13-17-24(28)26(20)18-6-11-22-15-16-23(31-22)25(29)30/h1-3,7-8,12,14-16,20-21,27H,4-6,9-11,13,17-18H2,(H,29,30)/b14-12+/t20?,21-/m0/s1. The molecule has 1 aliphatic rings.